The van der Waals surface area contributed by atoms with E-state index in [9.17, 15) is 14.4 Å². The SMILES string of the molecule is COC(=O)c1c(-c2ccccc2)c(-c2ccccc2)nn(CC(=O)c2ccc(Cl)cc2)c1=O. The molecule has 33 heavy (non-hydrogen) atoms. The highest BCUT2D eigenvalue weighted by molar-refractivity contribution is 6.30. The molecule has 0 atom stereocenters. The molecule has 4 rings (SSSR count). The second-order valence-electron chi connectivity index (χ2n) is 7.22. The third-order valence-electron chi connectivity index (χ3n) is 5.11. The molecule has 0 unspecified atom stereocenters. The van der Waals surface area contributed by atoms with Crippen LogP contribution in [0, 0.1) is 0 Å². The summed E-state index contributed by atoms with van der Waals surface area (Å²) in [5, 5.41) is 5.02. The zero-order chi connectivity index (χ0) is 23.4. The first kappa shape index (κ1) is 22.2. The molecule has 1 heterocycles. The zero-order valence-corrected chi connectivity index (χ0v) is 18.5. The van der Waals surface area contributed by atoms with Gasteiger partial charge in [-0.2, -0.15) is 5.10 Å². The van der Waals surface area contributed by atoms with Gasteiger partial charge in [0.25, 0.3) is 5.56 Å². The van der Waals surface area contributed by atoms with Crippen LogP contribution in [-0.4, -0.2) is 28.6 Å². The van der Waals surface area contributed by atoms with Gasteiger partial charge < -0.3 is 4.74 Å². The van der Waals surface area contributed by atoms with Crippen molar-refractivity contribution in [3.05, 3.63) is 111 Å². The summed E-state index contributed by atoms with van der Waals surface area (Å²) in [6, 6.07) is 24.5. The molecule has 0 aliphatic heterocycles. The minimum Gasteiger partial charge on any atom is -0.465 e. The van der Waals surface area contributed by atoms with Gasteiger partial charge >= 0.3 is 5.97 Å². The van der Waals surface area contributed by atoms with Crippen molar-refractivity contribution in [3.63, 3.8) is 0 Å². The first-order chi connectivity index (χ1) is 16.0. The summed E-state index contributed by atoms with van der Waals surface area (Å²) >= 11 is 5.91. The first-order valence-electron chi connectivity index (χ1n) is 10.1. The molecule has 0 amide bonds. The van der Waals surface area contributed by atoms with Crippen LogP contribution < -0.4 is 5.56 Å². The molecule has 7 heteroatoms. The molecular formula is C26H19ClN2O4. The summed E-state index contributed by atoms with van der Waals surface area (Å²) in [7, 11) is 1.21. The van der Waals surface area contributed by atoms with Crippen LogP contribution in [0.2, 0.25) is 5.02 Å². The van der Waals surface area contributed by atoms with Crippen molar-refractivity contribution in [2.45, 2.75) is 6.54 Å². The summed E-state index contributed by atoms with van der Waals surface area (Å²) in [4.78, 5) is 39.1. The van der Waals surface area contributed by atoms with E-state index in [1.165, 1.54) is 7.11 Å². The number of esters is 1. The van der Waals surface area contributed by atoms with Crippen LogP contribution in [-0.2, 0) is 11.3 Å². The van der Waals surface area contributed by atoms with Crippen LogP contribution in [0.4, 0.5) is 0 Å². The van der Waals surface area contributed by atoms with Gasteiger partial charge in [0.2, 0.25) is 0 Å². The number of benzene rings is 3. The predicted molar refractivity (Wildman–Crippen MR) is 126 cm³/mol. The minimum absolute atomic E-state index is 0.179. The molecule has 0 radical (unpaired) electrons. The monoisotopic (exact) mass is 458 g/mol. The molecule has 0 saturated carbocycles. The highest BCUT2D eigenvalue weighted by Crippen LogP contribution is 2.32. The number of hydrogen-bond acceptors (Lipinski definition) is 5. The summed E-state index contributed by atoms with van der Waals surface area (Å²) in [6.45, 7) is -0.348. The van der Waals surface area contributed by atoms with Gasteiger partial charge in [-0.15, -0.1) is 0 Å². The number of carbonyl (C=O) groups excluding carboxylic acids is 2. The Hall–Kier alpha value is -4.03. The molecule has 0 bridgehead atoms. The Morgan fingerprint density at radius 3 is 2.03 bits per heavy atom. The van der Waals surface area contributed by atoms with Crippen LogP contribution in [0.1, 0.15) is 20.7 Å². The van der Waals surface area contributed by atoms with E-state index in [0.29, 0.717) is 33.0 Å². The van der Waals surface area contributed by atoms with Gasteiger partial charge in [-0.3, -0.25) is 9.59 Å². The fourth-order valence-electron chi connectivity index (χ4n) is 3.52. The van der Waals surface area contributed by atoms with Crippen LogP contribution in [0.15, 0.2) is 89.7 Å². The zero-order valence-electron chi connectivity index (χ0n) is 17.7. The van der Waals surface area contributed by atoms with Crippen LogP contribution >= 0.6 is 11.6 Å². The molecule has 1 aromatic heterocycles. The molecule has 164 valence electrons. The standard InChI is InChI=1S/C26H19ClN2O4/c1-33-26(32)23-22(18-8-4-2-5-9-18)24(19-10-6-3-7-11-19)28-29(25(23)31)16-21(30)17-12-14-20(27)15-13-17/h2-15H,16H2,1H3. The Kier molecular flexibility index (Phi) is 6.47. The number of methoxy groups -OCH3 is 1. The van der Waals surface area contributed by atoms with Crippen molar-refractivity contribution in [1.82, 2.24) is 9.78 Å². The molecule has 0 saturated heterocycles. The van der Waals surface area contributed by atoms with Gasteiger partial charge in [0.1, 0.15) is 12.1 Å². The van der Waals surface area contributed by atoms with E-state index in [1.54, 1.807) is 48.5 Å². The van der Waals surface area contributed by atoms with Crippen LogP contribution in [0.5, 0.6) is 0 Å². The second kappa shape index (κ2) is 9.63. The number of halogens is 1. The van der Waals surface area contributed by atoms with E-state index in [-0.39, 0.29) is 17.9 Å². The summed E-state index contributed by atoms with van der Waals surface area (Å²) in [5.74, 6) is -1.14. The molecule has 0 spiro atoms. The number of aromatic nitrogens is 2. The average molecular weight is 459 g/mol. The fourth-order valence-corrected chi connectivity index (χ4v) is 3.64. The van der Waals surface area contributed by atoms with E-state index in [1.807, 2.05) is 36.4 Å². The van der Waals surface area contributed by atoms with Crippen molar-refractivity contribution in [2.24, 2.45) is 0 Å². The molecular weight excluding hydrogens is 440 g/mol. The average Bonchev–Trinajstić information content (AvgIpc) is 2.85. The lowest BCUT2D eigenvalue weighted by atomic mass is 9.95. The second-order valence-corrected chi connectivity index (χ2v) is 7.65. The molecule has 0 N–H and O–H groups in total. The van der Waals surface area contributed by atoms with Gasteiger partial charge in [0.05, 0.1) is 12.8 Å². The van der Waals surface area contributed by atoms with Crippen molar-refractivity contribution < 1.29 is 14.3 Å². The number of rotatable bonds is 6. The number of carbonyl (C=O) groups is 2. The van der Waals surface area contributed by atoms with E-state index < -0.39 is 11.5 Å². The van der Waals surface area contributed by atoms with Crippen molar-refractivity contribution in [2.75, 3.05) is 7.11 Å². The summed E-state index contributed by atoms with van der Waals surface area (Å²) in [5.41, 5.74) is 1.57. The molecule has 3 aromatic carbocycles. The highest BCUT2D eigenvalue weighted by Gasteiger charge is 2.26. The van der Waals surface area contributed by atoms with Gasteiger partial charge in [0, 0.05) is 21.7 Å². The van der Waals surface area contributed by atoms with Crippen LogP contribution in [0.25, 0.3) is 22.4 Å². The number of nitrogens with zero attached hydrogens (tertiary/aromatic N) is 2. The molecule has 0 fully saturated rings. The quantitative estimate of drug-likeness (QED) is 0.303. The molecule has 0 aliphatic rings. The van der Waals surface area contributed by atoms with E-state index >= 15 is 0 Å². The number of ether oxygens (including phenoxy) is 1. The van der Waals surface area contributed by atoms with Crippen molar-refractivity contribution in [3.8, 4) is 22.4 Å². The van der Waals surface area contributed by atoms with Crippen molar-refractivity contribution >= 4 is 23.4 Å². The Bertz CT molecular complexity index is 1370. The number of ketones is 1. The van der Waals surface area contributed by atoms with E-state index in [0.717, 1.165) is 4.68 Å². The molecule has 0 aliphatic carbocycles. The summed E-state index contributed by atoms with van der Waals surface area (Å²) in [6.07, 6.45) is 0. The fraction of sp³-hybridized carbons (Fsp3) is 0.0769. The Balaban J connectivity index is 1.95. The Labute approximate surface area is 195 Å². The normalized spacial score (nSPS) is 10.6. The third-order valence-corrected chi connectivity index (χ3v) is 5.37. The lowest BCUT2D eigenvalue weighted by Gasteiger charge is -2.16. The van der Waals surface area contributed by atoms with Crippen LogP contribution in [0.3, 0.4) is 0 Å². The molecule has 6 nitrogen and oxygen atoms in total. The largest absolute Gasteiger partial charge is 0.465 e. The lowest BCUT2D eigenvalue weighted by Crippen LogP contribution is -2.33. The van der Waals surface area contributed by atoms with Gasteiger partial charge in [-0.05, 0) is 29.8 Å². The maximum Gasteiger partial charge on any atom is 0.344 e. The highest BCUT2D eigenvalue weighted by atomic mass is 35.5. The third kappa shape index (κ3) is 4.61. The van der Waals surface area contributed by atoms with E-state index in [4.69, 9.17) is 16.3 Å². The van der Waals surface area contributed by atoms with Gasteiger partial charge in [-0.1, -0.05) is 72.3 Å². The smallest absolute Gasteiger partial charge is 0.344 e. The first-order valence-corrected chi connectivity index (χ1v) is 10.5. The Morgan fingerprint density at radius 2 is 1.45 bits per heavy atom. The number of hydrogen-bond donors (Lipinski definition) is 0. The van der Waals surface area contributed by atoms with Gasteiger partial charge in [-0.25, -0.2) is 9.48 Å². The van der Waals surface area contributed by atoms with Gasteiger partial charge in [0.15, 0.2) is 5.78 Å². The minimum atomic E-state index is -0.800. The lowest BCUT2D eigenvalue weighted by molar-refractivity contribution is 0.0597. The summed E-state index contributed by atoms with van der Waals surface area (Å²) < 4.78 is 5.96. The predicted octanol–water partition coefficient (Wildman–Crippen LogP) is 4.90. The Morgan fingerprint density at radius 1 is 0.879 bits per heavy atom. The topological polar surface area (TPSA) is 78.3 Å². The maximum absolute atomic E-state index is 13.4. The number of Topliss-reactive ketones (excluding diaryl/α,β-unsaturated/α-hetero) is 1. The van der Waals surface area contributed by atoms with Crippen molar-refractivity contribution in [1.29, 1.82) is 0 Å². The maximum atomic E-state index is 13.4. The van der Waals surface area contributed by atoms with E-state index in [2.05, 4.69) is 5.10 Å². The molecule has 4 aromatic rings.